The molecule has 2 aromatic heterocycles. The third-order valence-corrected chi connectivity index (χ3v) is 5.54. The number of aromatic nitrogens is 3. The van der Waals surface area contributed by atoms with Gasteiger partial charge in [-0.05, 0) is 47.3 Å². The van der Waals surface area contributed by atoms with Crippen LogP contribution in [-0.2, 0) is 11.3 Å². The van der Waals surface area contributed by atoms with Gasteiger partial charge in [0, 0.05) is 19.1 Å². The first-order valence-corrected chi connectivity index (χ1v) is 10.9. The Bertz CT molecular complexity index is 1050. The Hall–Kier alpha value is -2.97. The smallest absolute Gasteiger partial charge is 0.397 e. The summed E-state index contributed by atoms with van der Waals surface area (Å²) in [7, 11) is 0. The fourth-order valence-corrected chi connectivity index (χ4v) is 3.90. The van der Waals surface area contributed by atoms with Crippen molar-refractivity contribution in [1.82, 2.24) is 20.1 Å². The van der Waals surface area contributed by atoms with Gasteiger partial charge in [0.15, 0.2) is 11.5 Å². The van der Waals surface area contributed by atoms with Crippen LogP contribution in [0.1, 0.15) is 29.8 Å². The second kappa shape index (κ2) is 10.5. The highest BCUT2D eigenvalue weighted by molar-refractivity contribution is 9.10. The number of rotatable bonds is 6. The first kappa shape index (κ1) is 25.6. The highest BCUT2D eigenvalue weighted by Gasteiger charge is 2.40. The lowest BCUT2D eigenvalue weighted by Crippen LogP contribution is -2.43. The van der Waals surface area contributed by atoms with Gasteiger partial charge in [-0.15, -0.1) is 0 Å². The van der Waals surface area contributed by atoms with Crippen LogP contribution in [0.15, 0.2) is 22.9 Å². The summed E-state index contributed by atoms with van der Waals surface area (Å²) in [6, 6.07) is 2.27. The molecular formula is C19H21BrF5N7O2. The number of hydrogen-bond donors (Lipinski definition) is 3. The lowest BCUT2D eigenvalue weighted by atomic mass is 10.1. The predicted octanol–water partition coefficient (Wildman–Crippen LogP) is 3.18. The molecule has 3 heterocycles. The van der Waals surface area contributed by atoms with E-state index in [-0.39, 0.29) is 48.8 Å². The normalized spacial score (nSPS) is 16.9. The molecule has 4 N–H and O–H groups in total. The third-order valence-electron chi connectivity index (χ3n) is 5.10. The van der Waals surface area contributed by atoms with Crippen molar-refractivity contribution in [1.29, 1.82) is 0 Å². The molecule has 0 saturated carbocycles. The molecule has 3 rings (SSSR count). The summed E-state index contributed by atoms with van der Waals surface area (Å²) in [5.41, 5.74) is 5.94. The summed E-state index contributed by atoms with van der Waals surface area (Å²) >= 11 is 3.15. The van der Waals surface area contributed by atoms with Crippen LogP contribution in [0.2, 0.25) is 0 Å². The molecule has 0 aromatic carbocycles. The topological polar surface area (TPSA) is 118 Å². The van der Waals surface area contributed by atoms with E-state index in [0.29, 0.717) is 11.0 Å². The minimum Gasteiger partial charge on any atom is -0.397 e. The average molecular weight is 554 g/mol. The van der Waals surface area contributed by atoms with E-state index in [1.807, 2.05) is 5.32 Å². The lowest BCUT2D eigenvalue weighted by molar-refractivity contribution is -0.174. The van der Waals surface area contributed by atoms with E-state index >= 15 is 0 Å². The minimum atomic E-state index is -5.00. The largest absolute Gasteiger partial charge is 0.471 e. The van der Waals surface area contributed by atoms with E-state index in [2.05, 4.69) is 31.3 Å². The molecule has 9 nitrogen and oxygen atoms in total. The number of carbonyl (C=O) groups excluding carboxylic acids is 2. The fraction of sp³-hybridized carbons (Fsp3) is 0.474. The van der Waals surface area contributed by atoms with Crippen LogP contribution in [0, 0.1) is 0 Å². The maximum Gasteiger partial charge on any atom is 0.471 e. The van der Waals surface area contributed by atoms with E-state index in [0.717, 1.165) is 4.68 Å². The third kappa shape index (κ3) is 6.33. The van der Waals surface area contributed by atoms with Gasteiger partial charge < -0.3 is 21.3 Å². The van der Waals surface area contributed by atoms with Crippen molar-refractivity contribution in [3.05, 3.63) is 28.6 Å². The van der Waals surface area contributed by atoms with Crippen molar-refractivity contribution in [2.24, 2.45) is 0 Å². The molecule has 2 amide bonds. The molecular weight excluding hydrogens is 533 g/mol. The molecule has 1 aliphatic rings. The summed E-state index contributed by atoms with van der Waals surface area (Å²) in [6.45, 7) is -0.335. The average Bonchev–Trinajstić information content (AvgIpc) is 2.97. The summed E-state index contributed by atoms with van der Waals surface area (Å²) in [6.07, 6.45) is -5.76. The maximum atomic E-state index is 13.1. The first-order valence-electron chi connectivity index (χ1n) is 10.2. The number of anilines is 3. The van der Waals surface area contributed by atoms with Crippen LogP contribution in [0.25, 0.3) is 0 Å². The standard InChI is InChI=1S/C19H21BrF5N7O2/c20-13-4-3-11(26)15(30-13)16(33)29-12-8-27-32(9-14(21)22)17(12)31-6-1-2-10(5-7-31)28-18(34)19(23,24)25/h3-4,8,10,14H,1-2,5-7,9,26H2,(H,28,34)(H,29,33)/t10-/m1/s1. The monoisotopic (exact) mass is 553 g/mol. The summed E-state index contributed by atoms with van der Waals surface area (Å²) in [5, 5.41) is 8.49. The zero-order valence-corrected chi connectivity index (χ0v) is 19.2. The number of carbonyl (C=O) groups is 2. The van der Waals surface area contributed by atoms with Crippen molar-refractivity contribution < 1.29 is 31.5 Å². The number of hydrogen-bond acceptors (Lipinski definition) is 6. The van der Waals surface area contributed by atoms with Gasteiger partial charge in [-0.25, -0.2) is 18.4 Å². The molecule has 186 valence electrons. The van der Waals surface area contributed by atoms with Gasteiger partial charge in [0.1, 0.15) is 16.8 Å². The van der Waals surface area contributed by atoms with E-state index in [9.17, 15) is 31.5 Å². The minimum absolute atomic E-state index is 0.0901. The molecule has 0 unspecified atom stereocenters. The number of pyridine rings is 1. The number of halogens is 6. The van der Waals surface area contributed by atoms with Gasteiger partial charge in [0.2, 0.25) is 0 Å². The SMILES string of the molecule is Nc1ccc(Br)nc1C(=O)Nc1cnn(CC(F)F)c1N1CCC[C@@H](NC(=O)C(F)(F)F)CC1. The highest BCUT2D eigenvalue weighted by atomic mass is 79.9. The van der Waals surface area contributed by atoms with Gasteiger partial charge in [-0.2, -0.15) is 18.3 Å². The Kier molecular flexibility index (Phi) is 7.94. The Morgan fingerprint density at radius 1 is 1.24 bits per heavy atom. The predicted molar refractivity (Wildman–Crippen MR) is 117 cm³/mol. The van der Waals surface area contributed by atoms with Crippen LogP contribution >= 0.6 is 15.9 Å². The molecule has 0 bridgehead atoms. The lowest BCUT2D eigenvalue weighted by Gasteiger charge is -2.25. The van der Waals surface area contributed by atoms with E-state index in [1.54, 1.807) is 11.0 Å². The zero-order chi connectivity index (χ0) is 25.0. The van der Waals surface area contributed by atoms with Crippen LogP contribution in [0.3, 0.4) is 0 Å². The maximum absolute atomic E-state index is 13.1. The van der Waals surface area contributed by atoms with Crippen LogP contribution in [0.5, 0.6) is 0 Å². The summed E-state index contributed by atoms with van der Waals surface area (Å²) in [5.74, 6) is -2.55. The first-order chi connectivity index (χ1) is 16.0. The second-order valence-electron chi connectivity index (χ2n) is 7.57. The van der Waals surface area contributed by atoms with Gasteiger partial charge >= 0.3 is 12.1 Å². The van der Waals surface area contributed by atoms with Crippen LogP contribution < -0.4 is 21.3 Å². The van der Waals surface area contributed by atoms with Crippen molar-refractivity contribution in [2.45, 2.75) is 44.5 Å². The van der Waals surface area contributed by atoms with E-state index in [4.69, 9.17) is 5.73 Å². The molecule has 1 atom stereocenters. The van der Waals surface area contributed by atoms with Gasteiger partial charge in [0.05, 0.1) is 11.9 Å². The van der Waals surface area contributed by atoms with Gasteiger partial charge in [-0.3, -0.25) is 9.59 Å². The summed E-state index contributed by atoms with van der Waals surface area (Å²) in [4.78, 5) is 29.7. The Labute approximate surface area is 199 Å². The number of nitrogen functional groups attached to an aromatic ring is 1. The highest BCUT2D eigenvalue weighted by Crippen LogP contribution is 2.30. The van der Waals surface area contributed by atoms with Crippen molar-refractivity contribution in [3.63, 3.8) is 0 Å². The molecule has 1 aliphatic heterocycles. The van der Waals surface area contributed by atoms with Crippen molar-refractivity contribution >= 4 is 44.9 Å². The molecule has 34 heavy (non-hydrogen) atoms. The van der Waals surface area contributed by atoms with Crippen LogP contribution in [0.4, 0.5) is 39.1 Å². The second-order valence-corrected chi connectivity index (χ2v) is 8.38. The number of nitrogens with two attached hydrogens (primary N) is 1. The number of amides is 2. The molecule has 1 fully saturated rings. The van der Waals surface area contributed by atoms with Crippen molar-refractivity contribution in [2.75, 3.05) is 29.0 Å². The number of alkyl halides is 5. The molecule has 2 aromatic rings. The van der Waals surface area contributed by atoms with Crippen LogP contribution in [-0.4, -0.2) is 58.3 Å². The molecule has 0 spiro atoms. The fourth-order valence-electron chi connectivity index (χ4n) is 3.59. The molecule has 0 radical (unpaired) electrons. The number of nitrogens with zero attached hydrogens (tertiary/aromatic N) is 4. The van der Waals surface area contributed by atoms with E-state index < -0.39 is 37.0 Å². The van der Waals surface area contributed by atoms with Crippen molar-refractivity contribution in [3.8, 4) is 0 Å². The van der Waals surface area contributed by atoms with E-state index in [1.165, 1.54) is 12.3 Å². The quantitative estimate of drug-likeness (QED) is 0.373. The Morgan fingerprint density at radius 2 is 1.97 bits per heavy atom. The molecule has 0 aliphatic carbocycles. The Balaban J connectivity index is 1.82. The number of nitrogens with one attached hydrogen (secondary N) is 2. The molecule has 15 heteroatoms. The molecule has 1 saturated heterocycles. The van der Waals surface area contributed by atoms with Gasteiger partial charge in [0.25, 0.3) is 12.3 Å². The Morgan fingerprint density at radius 3 is 2.65 bits per heavy atom. The van der Waals surface area contributed by atoms with Gasteiger partial charge in [-0.1, -0.05) is 0 Å². The zero-order valence-electron chi connectivity index (χ0n) is 17.6. The summed E-state index contributed by atoms with van der Waals surface area (Å²) < 4.78 is 65.4.